The van der Waals surface area contributed by atoms with Gasteiger partial charge in [0.2, 0.25) is 11.8 Å². The summed E-state index contributed by atoms with van der Waals surface area (Å²) in [5.41, 5.74) is 0.533. The highest BCUT2D eigenvalue weighted by Gasteiger charge is 2.46. The van der Waals surface area contributed by atoms with E-state index in [9.17, 15) is 9.59 Å². The Bertz CT molecular complexity index is 552. The van der Waals surface area contributed by atoms with Crippen molar-refractivity contribution in [2.45, 2.75) is 20.8 Å². The molecule has 0 spiro atoms. The Labute approximate surface area is 111 Å². The number of carbonyl (C=O) groups is 2. The van der Waals surface area contributed by atoms with E-state index in [1.165, 1.54) is 4.90 Å². The number of nitrogens with zero attached hydrogens (tertiary/aromatic N) is 1. The van der Waals surface area contributed by atoms with Crippen molar-refractivity contribution in [1.29, 1.82) is 0 Å². The Morgan fingerprint density at radius 2 is 1.83 bits per heavy atom. The average molecular weight is 262 g/mol. The molecule has 1 aliphatic heterocycles. The number of carbonyl (C=O) groups excluding carboxylic acids is 2. The molecule has 18 heavy (non-hydrogen) atoms. The molecule has 2 amide bonds. The lowest BCUT2D eigenvalue weighted by molar-refractivity contribution is -0.139. The summed E-state index contributed by atoms with van der Waals surface area (Å²) in [5, 5.41) is 2.71. The van der Waals surface area contributed by atoms with Gasteiger partial charge in [-0.3, -0.25) is 14.5 Å². The molecule has 0 atom stereocenters. The first kappa shape index (κ1) is 12.7. The summed E-state index contributed by atoms with van der Waals surface area (Å²) in [7, 11) is 0. The second kappa shape index (κ2) is 4.17. The minimum absolute atomic E-state index is 0.138. The minimum Gasteiger partial charge on any atom is -0.301 e. The highest BCUT2D eigenvalue weighted by molar-refractivity contribution is 7.80. The highest BCUT2D eigenvalue weighted by atomic mass is 32.1. The molecule has 1 aromatic rings. The van der Waals surface area contributed by atoms with Crippen LogP contribution in [-0.2, 0) is 9.59 Å². The van der Waals surface area contributed by atoms with Crippen LogP contribution >= 0.6 is 12.2 Å². The molecule has 0 radical (unpaired) electrons. The quantitative estimate of drug-likeness (QED) is 0.620. The standard InChI is InChI=1S/C13H14N2O2S/c1-8-6-4-5-7-9(8)15-11(17)13(2,3)10(16)14-12(15)18/h4-7H,1-3H3,(H,14,16,18). The lowest BCUT2D eigenvalue weighted by Gasteiger charge is -2.37. The Hall–Kier alpha value is -1.75. The fraction of sp³-hybridized carbons (Fsp3) is 0.308. The van der Waals surface area contributed by atoms with Gasteiger partial charge >= 0.3 is 0 Å². The fourth-order valence-electron chi connectivity index (χ4n) is 1.81. The van der Waals surface area contributed by atoms with Crippen molar-refractivity contribution < 1.29 is 9.59 Å². The zero-order valence-electron chi connectivity index (χ0n) is 10.5. The van der Waals surface area contributed by atoms with Crippen LogP contribution in [0.4, 0.5) is 5.69 Å². The summed E-state index contributed by atoms with van der Waals surface area (Å²) in [6.07, 6.45) is 0. The molecule has 0 unspecified atom stereocenters. The third kappa shape index (κ3) is 1.80. The van der Waals surface area contributed by atoms with Gasteiger partial charge in [0.25, 0.3) is 0 Å². The number of amides is 2. The first-order valence-corrected chi connectivity index (χ1v) is 6.02. The molecule has 5 heteroatoms. The van der Waals surface area contributed by atoms with Crippen molar-refractivity contribution in [3.8, 4) is 0 Å². The van der Waals surface area contributed by atoms with Crippen molar-refractivity contribution in [3.05, 3.63) is 29.8 Å². The van der Waals surface area contributed by atoms with E-state index in [-0.39, 0.29) is 16.9 Å². The van der Waals surface area contributed by atoms with Crippen LogP contribution in [0, 0.1) is 12.3 Å². The predicted octanol–water partition coefficient (Wildman–Crippen LogP) is 1.77. The van der Waals surface area contributed by atoms with Crippen LogP contribution in [0.5, 0.6) is 0 Å². The van der Waals surface area contributed by atoms with Gasteiger partial charge in [0.15, 0.2) is 5.11 Å². The molecule has 94 valence electrons. The Balaban J connectivity index is 2.51. The summed E-state index contributed by atoms with van der Waals surface area (Å²) in [5.74, 6) is -0.659. The predicted molar refractivity (Wildman–Crippen MR) is 73.2 cm³/mol. The molecule has 1 fully saturated rings. The molecule has 4 nitrogen and oxygen atoms in total. The number of hydrogen-bond acceptors (Lipinski definition) is 3. The van der Waals surface area contributed by atoms with Crippen LogP contribution in [0.15, 0.2) is 24.3 Å². The van der Waals surface area contributed by atoms with Gasteiger partial charge in [0.1, 0.15) is 5.41 Å². The van der Waals surface area contributed by atoms with Crippen molar-refractivity contribution in [1.82, 2.24) is 5.32 Å². The van der Waals surface area contributed by atoms with E-state index in [0.717, 1.165) is 5.56 Å². The lowest BCUT2D eigenvalue weighted by Crippen LogP contribution is -2.62. The largest absolute Gasteiger partial charge is 0.301 e. The topological polar surface area (TPSA) is 49.4 Å². The monoisotopic (exact) mass is 262 g/mol. The SMILES string of the molecule is Cc1ccccc1N1C(=O)C(C)(C)C(=O)NC1=S. The van der Waals surface area contributed by atoms with Gasteiger partial charge in [-0.25, -0.2) is 0 Å². The van der Waals surface area contributed by atoms with Gasteiger partial charge in [-0.1, -0.05) is 18.2 Å². The van der Waals surface area contributed by atoms with E-state index in [4.69, 9.17) is 12.2 Å². The van der Waals surface area contributed by atoms with Crippen molar-refractivity contribution >= 4 is 34.8 Å². The summed E-state index contributed by atoms with van der Waals surface area (Å²) in [4.78, 5) is 25.5. The van der Waals surface area contributed by atoms with Gasteiger partial charge in [-0.05, 0) is 44.6 Å². The number of para-hydroxylation sites is 1. The van der Waals surface area contributed by atoms with Gasteiger partial charge in [0.05, 0.1) is 5.69 Å². The smallest absolute Gasteiger partial charge is 0.248 e. The van der Waals surface area contributed by atoms with E-state index in [1.807, 2.05) is 31.2 Å². The lowest BCUT2D eigenvalue weighted by atomic mass is 9.88. The summed E-state index contributed by atoms with van der Waals surface area (Å²) in [6, 6.07) is 7.43. The fourth-order valence-corrected chi connectivity index (χ4v) is 2.09. The van der Waals surface area contributed by atoms with Crippen molar-refractivity contribution in [3.63, 3.8) is 0 Å². The van der Waals surface area contributed by atoms with Crippen molar-refractivity contribution in [2.24, 2.45) is 5.41 Å². The van der Waals surface area contributed by atoms with Gasteiger partial charge in [-0.2, -0.15) is 0 Å². The van der Waals surface area contributed by atoms with E-state index < -0.39 is 5.41 Å². The summed E-state index contributed by atoms with van der Waals surface area (Å²) in [6.45, 7) is 5.09. The normalized spacial score (nSPS) is 18.8. The molecule has 1 aliphatic rings. The third-order valence-electron chi connectivity index (χ3n) is 3.09. The first-order chi connectivity index (χ1) is 8.35. The first-order valence-electron chi connectivity index (χ1n) is 5.61. The maximum atomic E-state index is 12.4. The molecular weight excluding hydrogens is 248 g/mol. The number of aryl methyl sites for hydroxylation is 1. The molecule has 0 saturated carbocycles. The van der Waals surface area contributed by atoms with Crippen LogP contribution in [-0.4, -0.2) is 16.9 Å². The van der Waals surface area contributed by atoms with E-state index in [0.29, 0.717) is 5.69 Å². The highest BCUT2D eigenvalue weighted by Crippen LogP contribution is 2.29. The molecule has 1 heterocycles. The number of thiocarbonyl (C=S) groups is 1. The minimum atomic E-state index is -1.11. The van der Waals surface area contributed by atoms with Crippen molar-refractivity contribution in [2.75, 3.05) is 4.90 Å². The Morgan fingerprint density at radius 1 is 1.22 bits per heavy atom. The zero-order chi connectivity index (χ0) is 13.5. The van der Waals surface area contributed by atoms with Gasteiger partial charge in [-0.15, -0.1) is 0 Å². The number of anilines is 1. The summed E-state index contributed by atoms with van der Waals surface area (Å²) < 4.78 is 0. The number of nitrogens with one attached hydrogen (secondary N) is 1. The molecule has 2 rings (SSSR count). The van der Waals surface area contributed by atoms with Crippen LogP contribution in [0.1, 0.15) is 19.4 Å². The van der Waals surface area contributed by atoms with E-state index in [2.05, 4.69) is 5.32 Å². The molecule has 0 aromatic heterocycles. The number of hydrogen-bond donors (Lipinski definition) is 1. The van der Waals surface area contributed by atoms with E-state index >= 15 is 0 Å². The third-order valence-corrected chi connectivity index (χ3v) is 3.37. The van der Waals surface area contributed by atoms with Crippen LogP contribution < -0.4 is 10.2 Å². The average Bonchev–Trinajstić information content (AvgIpc) is 2.30. The molecule has 0 bridgehead atoms. The molecule has 1 aromatic carbocycles. The molecule has 1 N–H and O–H groups in total. The second-order valence-electron chi connectivity index (χ2n) is 4.81. The maximum Gasteiger partial charge on any atom is 0.248 e. The van der Waals surface area contributed by atoms with E-state index in [1.54, 1.807) is 13.8 Å². The molecule has 1 saturated heterocycles. The molecule has 0 aliphatic carbocycles. The van der Waals surface area contributed by atoms with Gasteiger partial charge < -0.3 is 5.32 Å². The second-order valence-corrected chi connectivity index (χ2v) is 5.20. The van der Waals surface area contributed by atoms with Crippen LogP contribution in [0.2, 0.25) is 0 Å². The van der Waals surface area contributed by atoms with Crippen LogP contribution in [0.25, 0.3) is 0 Å². The maximum absolute atomic E-state index is 12.4. The molecular formula is C13H14N2O2S. The number of benzene rings is 1. The van der Waals surface area contributed by atoms with Crippen LogP contribution in [0.3, 0.4) is 0 Å². The Kier molecular flexibility index (Phi) is 2.94. The number of rotatable bonds is 1. The zero-order valence-corrected chi connectivity index (χ0v) is 11.3. The van der Waals surface area contributed by atoms with Gasteiger partial charge in [0, 0.05) is 0 Å². The Morgan fingerprint density at radius 3 is 2.44 bits per heavy atom. The summed E-state index contributed by atoms with van der Waals surface area (Å²) >= 11 is 5.10.